The molecule has 0 heterocycles. The van der Waals surface area contributed by atoms with E-state index in [-0.39, 0.29) is 11.9 Å². The van der Waals surface area contributed by atoms with Gasteiger partial charge in [-0.2, -0.15) is 5.26 Å². The summed E-state index contributed by atoms with van der Waals surface area (Å²) in [6.45, 7) is 0. The van der Waals surface area contributed by atoms with Crippen LogP contribution in [-0.4, -0.2) is 7.05 Å². The summed E-state index contributed by atoms with van der Waals surface area (Å²) in [6.07, 6.45) is 1.25. The average Bonchev–Trinajstić information content (AvgIpc) is 2.21. The summed E-state index contributed by atoms with van der Waals surface area (Å²) in [6, 6.07) is 8.60. The molecule has 0 aliphatic rings. The Labute approximate surface area is 83.4 Å². The number of nitrogens with zero attached hydrogens (tertiary/aromatic N) is 1. The van der Waals surface area contributed by atoms with Gasteiger partial charge in [0.05, 0.1) is 6.07 Å². The lowest BCUT2D eigenvalue weighted by atomic mass is 10.0. The van der Waals surface area contributed by atoms with Crippen LogP contribution in [0.2, 0.25) is 0 Å². The molecule has 74 valence electrons. The predicted molar refractivity (Wildman–Crippen MR) is 53.0 cm³/mol. The highest BCUT2D eigenvalue weighted by Crippen LogP contribution is 2.17. The van der Waals surface area contributed by atoms with Crippen LogP contribution in [0, 0.1) is 17.1 Å². The van der Waals surface area contributed by atoms with Crippen molar-refractivity contribution in [1.82, 2.24) is 5.32 Å². The van der Waals surface area contributed by atoms with E-state index in [9.17, 15) is 4.39 Å². The van der Waals surface area contributed by atoms with Crippen LogP contribution in [0.4, 0.5) is 4.39 Å². The van der Waals surface area contributed by atoms with E-state index in [2.05, 4.69) is 11.4 Å². The van der Waals surface area contributed by atoms with Crippen LogP contribution in [-0.2, 0) is 0 Å². The molecule has 0 radical (unpaired) electrons. The smallest absolute Gasteiger partial charge is 0.123 e. The van der Waals surface area contributed by atoms with E-state index >= 15 is 0 Å². The first-order chi connectivity index (χ1) is 6.77. The Kier molecular flexibility index (Phi) is 4.09. The van der Waals surface area contributed by atoms with Crippen LogP contribution in [0.25, 0.3) is 0 Å². The van der Waals surface area contributed by atoms with Gasteiger partial charge in [0.15, 0.2) is 0 Å². The molecule has 0 aliphatic carbocycles. The summed E-state index contributed by atoms with van der Waals surface area (Å²) in [4.78, 5) is 0. The van der Waals surface area contributed by atoms with E-state index in [1.165, 1.54) is 12.1 Å². The van der Waals surface area contributed by atoms with Crippen LogP contribution in [0.1, 0.15) is 24.4 Å². The van der Waals surface area contributed by atoms with Gasteiger partial charge >= 0.3 is 0 Å². The molecule has 1 atom stereocenters. The second-order valence-corrected chi connectivity index (χ2v) is 3.09. The minimum absolute atomic E-state index is 0.134. The fourth-order valence-electron chi connectivity index (χ4n) is 1.38. The fraction of sp³-hybridized carbons (Fsp3) is 0.364. The van der Waals surface area contributed by atoms with Crippen molar-refractivity contribution in [3.63, 3.8) is 0 Å². The number of hydrogen-bond acceptors (Lipinski definition) is 2. The Morgan fingerprint density at radius 1 is 1.43 bits per heavy atom. The first-order valence-corrected chi connectivity index (χ1v) is 4.57. The molecule has 1 unspecified atom stereocenters. The second kappa shape index (κ2) is 5.36. The van der Waals surface area contributed by atoms with Crippen LogP contribution >= 0.6 is 0 Å². The van der Waals surface area contributed by atoms with Gasteiger partial charge in [-0.05, 0) is 31.2 Å². The number of benzene rings is 1. The summed E-state index contributed by atoms with van der Waals surface area (Å²) in [5, 5.41) is 11.6. The van der Waals surface area contributed by atoms with Crippen molar-refractivity contribution in [1.29, 1.82) is 5.26 Å². The first-order valence-electron chi connectivity index (χ1n) is 4.57. The molecule has 0 saturated heterocycles. The lowest BCUT2D eigenvalue weighted by Crippen LogP contribution is -2.15. The molecule has 0 spiro atoms. The first kappa shape index (κ1) is 10.7. The third kappa shape index (κ3) is 2.82. The maximum absolute atomic E-state index is 12.6. The van der Waals surface area contributed by atoms with Gasteiger partial charge in [0.1, 0.15) is 5.82 Å². The molecule has 2 nitrogen and oxygen atoms in total. The minimum atomic E-state index is -0.233. The highest BCUT2D eigenvalue weighted by Gasteiger charge is 2.07. The van der Waals surface area contributed by atoms with E-state index in [0.717, 1.165) is 12.0 Å². The van der Waals surface area contributed by atoms with E-state index in [1.807, 2.05) is 7.05 Å². The Bertz CT molecular complexity index is 313. The van der Waals surface area contributed by atoms with Crippen LogP contribution < -0.4 is 5.32 Å². The quantitative estimate of drug-likeness (QED) is 0.795. The molecule has 1 aromatic rings. The van der Waals surface area contributed by atoms with Gasteiger partial charge in [0.25, 0.3) is 0 Å². The monoisotopic (exact) mass is 192 g/mol. The summed E-state index contributed by atoms with van der Waals surface area (Å²) < 4.78 is 12.6. The number of halogens is 1. The molecule has 0 amide bonds. The normalized spacial score (nSPS) is 12.1. The van der Waals surface area contributed by atoms with Gasteiger partial charge < -0.3 is 5.32 Å². The number of nitriles is 1. The van der Waals surface area contributed by atoms with Crippen molar-refractivity contribution < 1.29 is 4.39 Å². The average molecular weight is 192 g/mol. The van der Waals surface area contributed by atoms with Gasteiger partial charge in [-0.3, -0.25) is 0 Å². The van der Waals surface area contributed by atoms with E-state index < -0.39 is 0 Å². The van der Waals surface area contributed by atoms with Crippen LogP contribution in [0.5, 0.6) is 0 Å². The maximum Gasteiger partial charge on any atom is 0.123 e. The number of hydrogen-bond donors (Lipinski definition) is 1. The molecule has 0 bridgehead atoms. The highest BCUT2D eigenvalue weighted by molar-refractivity contribution is 5.19. The molecule has 0 aliphatic heterocycles. The molecular formula is C11H13FN2. The molecule has 0 aromatic heterocycles. The van der Waals surface area contributed by atoms with Gasteiger partial charge in [-0.1, -0.05) is 12.1 Å². The van der Waals surface area contributed by atoms with E-state index in [0.29, 0.717) is 6.42 Å². The largest absolute Gasteiger partial charge is 0.313 e. The van der Waals surface area contributed by atoms with Gasteiger partial charge in [-0.15, -0.1) is 0 Å². The second-order valence-electron chi connectivity index (χ2n) is 3.09. The lowest BCUT2D eigenvalue weighted by Gasteiger charge is -2.14. The van der Waals surface area contributed by atoms with Crippen LogP contribution in [0.3, 0.4) is 0 Å². The number of rotatable bonds is 4. The Morgan fingerprint density at radius 2 is 2.07 bits per heavy atom. The standard InChI is InChI=1S/C11H13FN2/c1-14-11(3-2-8-13)9-4-6-10(12)7-5-9/h4-7,11,14H,2-3H2,1H3. The molecular weight excluding hydrogens is 179 g/mol. The third-order valence-electron chi connectivity index (χ3n) is 2.17. The third-order valence-corrected chi connectivity index (χ3v) is 2.17. The zero-order valence-corrected chi connectivity index (χ0v) is 8.13. The van der Waals surface area contributed by atoms with Crippen LogP contribution in [0.15, 0.2) is 24.3 Å². The van der Waals surface area contributed by atoms with Crippen molar-refractivity contribution in [2.24, 2.45) is 0 Å². The molecule has 14 heavy (non-hydrogen) atoms. The zero-order valence-electron chi connectivity index (χ0n) is 8.13. The van der Waals surface area contributed by atoms with Crippen molar-refractivity contribution in [2.75, 3.05) is 7.05 Å². The van der Waals surface area contributed by atoms with Gasteiger partial charge in [0.2, 0.25) is 0 Å². The molecule has 1 aromatic carbocycles. The Hall–Kier alpha value is -1.40. The lowest BCUT2D eigenvalue weighted by molar-refractivity contribution is 0.554. The maximum atomic E-state index is 12.6. The van der Waals surface area contributed by atoms with Crippen molar-refractivity contribution in [3.05, 3.63) is 35.6 Å². The fourth-order valence-corrected chi connectivity index (χ4v) is 1.38. The van der Waals surface area contributed by atoms with E-state index in [1.54, 1.807) is 12.1 Å². The molecule has 1 rings (SSSR count). The van der Waals surface area contributed by atoms with Crippen molar-refractivity contribution in [2.45, 2.75) is 18.9 Å². The van der Waals surface area contributed by atoms with E-state index in [4.69, 9.17) is 5.26 Å². The Morgan fingerprint density at radius 3 is 2.57 bits per heavy atom. The van der Waals surface area contributed by atoms with Crippen molar-refractivity contribution in [3.8, 4) is 6.07 Å². The summed E-state index contributed by atoms with van der Waals surface area (Å²) in [7, 11) is 1.84. The molecule has 3 heteroatoms. The van der Waals surface area contributed by atoms with Crippen molar-refractivity contribution >= 4 is 0 Å². The SMILES string of the molecule is CNC(CCC#N)c1ccc(F)cc1. The predicted octanol–water partition coefficient (Wildman–Crippen LogP) is 2.39. The molecule has 1 N–H and O–H groups in total. The zero-order chi connectivity index (χ0) is 10.4. The topological polar surface area (TPSA) is 35.8 Å². The number of nitrogens with one attached hydrogen (secondary N) is 1. The van der Waals surface area contributed by atoms with Gasteiger partial charge in [0, 0.05) is 12.5 Å². The van der Waals surface area contributed by atoms with Gasteiger partial charge in [-0.25, -0.2) is 4.39 Å². The molecule has 0 fully saturated rings. The highest BCUT2D eigenvalue weighted by atomic mass is 19.1. The molecule has 0 saturated carbocycles. The summed E-state index contributed by atoms with van der Waals surface area (Å²) >= 11 is 0. The minimum Gasteiger partial charge on any atom is -0.313 e. The summed E-state index contributed by atoms with van der Waals surface area (Å²) in [5.74, 6) is -0.233. The Balaban J connectivity index is 2.69. The summed E-state index contributed by atoms with van der Waals surface area (Å²) in [5.41, 5.74) is 1.02.